The third-order valence-electron chi connectivity index (χ3n) is 7.78. The van der Waals surface area contributed by atoms with Gasteiger partial charge in [0.15, 0.2) is 0 Å². The summed E-state index contributed by atoms with van der Waals surface area (Å²) >= 11 is 0. The van der Waals surface area contributed by atoms with E-state index in [9.17, 15) is 14.7 Å². The van der Waals surface area contributed by atoms with Gasteiger partial charge in [-0.3, -0.25) is 0 Å². The van der Waals surface area contributed by atoms with Crippen molar-refractivity contribution in [3.63, 3.8) is 0 Å². The van der Waals surface area contributed by atoms with Crippen molar-refractivity contribution in [2.24, 2.45) is 0 Å². The number of aliphatic hydroxyl groups is 1. The van der Waals surface area contributed by atoms with Crippen LogP contribution in [0.4, 0.5) is 0 Å². The van der Waals surface area contributed by atoms with E-state index in [1.54, 1.807) is 0 Å². The van der Waals surface area contributed by atoms with Gasteiger partial charge in [0.1, 0.15) is 11.2 Å². The number of aliphatic hydroxyl groups excluding tert-OH is 1. The molecule has 42 heavy (non-hydrogen) atoms. The van der Waals surface area contributed by atoms with Gasteiger partial charge in [0.05, 0.1) is 17.2 Å². The van der Waals surface area contributed by atoms with Crippen molar-refractivity contribution in [1.82, 2.24) is 0 Å². The Morgan fingerprint density at radius 2 is 0.976 bits per heavy atom. The molecule has 0 aliphatic heterocycles. The predicted molar refractivity (Wildman–Crippen MR) is 168 cm³/mol. The lowest BCUT2D eigenvalue weighted by atomic mass is 9.99. The van der Waals surface area contributed by atoms with Crippen molar-refractivity contribution in [1.29, 1.82) is 0 Å². The van der Waals surface area contributed by atoms with Crippen LogP contribution < -0.4 is 11.3 Å². The molecule has 0 aliphatic carbocycles. The van der Waals surface area contributed by atoms with Crippen molar-refractivity contribution in [2.75, 3.05) is 0 Å². The van der Waals surface area contributed by atoms with E-state index in [1.807, 2.05) is 97.1 Å². The molecular formula is C37H32O5. The smallest absolute Gasteiger partial charge is 0.344 e. The minimum Gasteiger partial charge on any atom is -0.422 e. The van der Waals surface area contributed by atoms with Crippen molar-refractivity contribution >= 4 is 21.9 Å². The molecule has 2 aromatic heterocycles. The van der Waals surface area contributed by atoms with Gasteiger partial charge in [-0.1, -0.05) is 84.9 Å². The fraction of sp³-hybridized carbons (Fsp3) is 0.189. The van der Waals surface area contributed by atoms with Crippen LogP contribution in [0.2, 0.25) is 0 Å². The number of aryl methyl sites for hydroxylation is 2. The van der Waals surface area contributed by atoms with E-state index >= 15 is 0 Å². The maximum Gasteiger partial charge on any atom is 0.344 e. The normalized spacial score (nSPS) is 11.5. The van der Waals surface area contributed by atoms with Gasteiger partial charge < -0.3 is 13.9 Å². The lowest BCUT2D eigenvalue weighted by Crippen LogP contribution is -2.07. The van der Waals surface area contributed by atoms with Gasteiger partial charge in [-0.25, -0.2) is 9.59 Å². The molecule has 5 heteroatoms. The van der Waals surface area contributed by atoms with Gasteiger partial charge in [-0.15, -0.1) is 0 Å². The summed E-state index contributed by atoms with van der Waals surface area (Å²) in [4.78, 5) is 25.2. The largest absolute Gasteiger partial charge is 0.422 e. The molecule has 0 radical (unpaired) electrons. The molecule has 0 unspecified atom stereocenters. The molecule has 0 saturated heterocycles. The van der Waals surface area contributed by atoms with Crippen LogP contribution in [0, 0.1) is 0 Å². The molecule has 0 fully saturated rings. The van der Waals surface area contributed by atoms with Crippen LogP contribution in [0.5, 0.6) is 0 Å². The summed E-state index contributed by atoms with van der Waals surface area (Å²) in [6.45, 7) is 0. The first kappa shape index (κ1) is 27.4. The summed E-state index contributed by atoms with van der Waals surface area (Å²) in [5, 5.41) is 12.4. The van der Waals surface area contributed by atoms with E-state index < -0.39 is 0 Å². The molecule has 0 saturated carbocycles. The second-order valence-corrected chi connectivity index (χ2v) is 10.8. The summed E-state index contributed by atoms with van der Waals surface area (Å²) in [6.07, 6.45) is 4.28. The van der Waals surface area contributed by atoms with Gasteiger partial charge in [0, 0.05) is 10.8 Å². The summed E-state index contributed by atoms with van der Waals surface area (Å²) < 4.78 is 11.3. The fourth-order valence-corrected chi connectivity index (χ4v) is 5.49. The lowest BCUT2D eigenvalue weighted by molar-refractivity contribution is 0.149. The van der Waals surface area contributed by atoms with Crippen molar-refractivity contribution in [3.05, 3.63) is 141 Å². The third kappa shape index (κ3) is 6.27. The Bertz CT molecular complexity index is 1790. The van der Waals surface area contributed by atoms with Crippen molar-refractivity contribution in [3.8, 4) is 22.3 Å². The molecule has 0 bridgehead atoms. The SMILES string of the molecule is O=c1oc2cc(CCCC(O)CCCc3ccc4cc(-c5ccccc5)c(=O)oc4c3)ccc2cc1-c1ccccc1. The van der Waals surface area contributed by atoms with Gasteiger partial charge >= 0.3 is 11.3 Å². The number of rotatable bonds is 10. The Balaban J connectivity index is 1.00. The minimum atomic E-state index is -0.386. The molecule has 2 heterocycles. The Hall–Kier alpha value is -4.74. The van der Waals surface area contributed by atoms with E-state index in [-0.39, 0.29) is 17.4 Å². The molecule has 0 aliphatic rings. The van der Waals surface area contributed by atoms with E-state index in [4.69, 9.17) is 8.83 Å². The highest BCUT2D eigenvalue weighted by Gasteiger charge is 2.11. The van der Waals surface area contributed by atoms with Crippen LogP contribution in [0.25, 0.3) is 44.2 Å². The van der Waals surface area contributed by atoms with Crippen LogP contribution in [0.15, 0.2) is 128 Å². The third-order valence-corrected chi connectivity index (χ3v) is 7.78. The summed E-state index contributed by atoms with van der Waals surface area (Å²) in [6, 6.07) is 34.8. The number of fused-ring (bicyclic) bond motifs is 2. The quantitative estimate of drug-likeness (QED) is 0.173. The molecule has 5 nitrogen and oxygen atoms in total. The monoisotopic (exact) mass is 556 g/mol. The first-order chi connectivity index (χ1) is 20.5. The zero-order valence-electron chi connectivity index (χ0n) is 23.3. The molecule has 6 aromatic rings. The summed E-state index contributed by atoms with van der Waals surface area (Å²) in [5.74, 6) is 0. The van der Waals surface area contributed by atoms with E-state index in [2.05, 4.69) is 12.1 Å². The van der Waals surface area contributed by atoms with Crippen LogP contribution >= 0.6 is 0 Å². The van der Waals surface area contributed by atoms with Crippen molar-refractivity contribution < 1.29 is 13.9 Å². The minimum absolute atomic E-state index is 0.341. The highest BCUT2D eigenvalue weighted by Crippen LogP contribution is 2.24. The molecule has 0 atom stereocenters. The first-order valence-corrected chi connectivity index (χ1v) is 14.5. The summed E-state index contributed by atoms with van der Waals surface area (Å²) in [5.41, 5.74) is 5.45. The highest BCUT2D eigenvalue weighted by atomic mass is 16.4. The molecule has 6 rings (SSSR count). The van der Waals surface area contributed by atoms with Crippen LogP contribution in [0.3, 0.4) is 0 Å². The van der Waals surface area contributed by atoms with Gasteiger partial charge in [0.2, 0.25) is 0 Å². The maximum absolute atomic E-state index is 12.6. The Kier molecular flexibility index (Phi) is 8.11. The fourth-order valence-electron chi connectivity index (χ4n) is 5.49. The van der Waals surface area contributed by atoms with Crippen LogP contribution in [-0.4, -0.2) is 11.2 Å². The molecule has 0 amide bonds. The average molecular weight is 557 g/mol. The standard InChI is InChI=1S/C37H32O5/c38-31(15-7-9-25-17-19-29-23-32(27-11-3-1-4-12-27)36(39)41-34(29)21-25)16-8-10-26-18-20-30-24-33(28-13-5-2-6-14-28)37(40)42-35(30)22-26/h1-6,11-14,17-24,31,38H,7-10,15-16H2. The Labute approximate surface area is 243 Å². The summed E-state index contributed by atoms with van der Waals surface area (Å²) in [7, 11) is 0. The number of hydrogen-bond acceptors (Lipinski definition) is 5. The second-order valence-electron chi connectivity index (χ2n) is 10.8. The topological polar surface area (TPSA) is 80.6 Å². The predicted octanol–water partition coefficient (Wildman–Crippen LogP) is 7.94. The lowest BCUT2D eigenvalue weighted by Gasteiger charge is -2.11. The molecule has 1 N–H and O–H groups in total. The molecule has 4 aromatic carbocycles. The second kappa shape index (κ2) is 12.4. The maximum atomic E-state index is 12.6. The molecular weight excluding hydrogens is 524 g/mol. The van der Waals surface area contributed by atoms with E-state index in [1.165, 1.54) is 0 Å². The zero-order valence-corrected chi connectivity index (χ0v) is 23.3. The van der Waals surface area contributed by atoms with Gasteiger partial charge in [-0.05, 0) is 85.0 Å². The number of benzene rings is 4. The highest BCUT2D eigenvalue weighted by molar-refractivity contribution is 5.83. The zero-order chi connectivity index (χ0) is 28.9. The van der Waals surface area contributed by atoms with E-state index in [0.717, 1.165) is 58.7 Å². The van der Waals surface area contributed by atoms with Gasteiger partial charge in [0.25, 0.3) is 0 Å². The van der Waals surface area contributed by atoms with Gasteiger partial charge in [-0.2, -0.15) is 0 Å². The number of hydrogen-bond donors (Lipinski definition) is 1. The Morgan fingerprint density at radius 1 is 0.548 bits per heavy atom. The average Bonchev–Trinajstić information content (AvgIpc) is 3.01. The molecule has 0 spiro atoms. The van der Waals surface area contributed by atoms with Crippen LogP contribution in [0.1, 0.15) is 36.8 Å². The van der Waals surface area contributed by atoms with E-state index in [0.29, 0.717) is 35.1 Å². The molecule has 210 valence electrons. The van der Waals surface area contributed by atoms with Crippen LogP contribution in [-0.2, 0) is 12.8 Å². The Morgan fingerprint density at radius 3 is 1.40 bits per heavy atom. The van der Waals surface area contributed by atoms with Crippen molar-refractivity contribution in [2.45, 2.75) is 44.6 Å². The first-order valence-electron chi connectivity index (χ1n) is 14.5.